The van der Waals surface area contributed by atoms with Crippen LogP contribution >= 0.6 is 11.3 Å². The minimum Gasteiger partial charge on any atom is -0.385 e. The highest BCUT2D eigenvalue weighted by molar-refractivity contribution is 7.89. The first-order valence-electron chi connectivity index (χ1n) is 6.82. The van der Waals surface area contributed by atoms with Gasteiger partial charge in [0.05, 0.1) is 9.90 Å². The van der Waals surface area contributed by atoms with Crippen LogP contribution in [0.15, 0.2) is 29.3 Å². The molecule has 1 aliphatic heterocycles. The van der Waals surface area contributed by atoms with Gasteiger partial charge >= 0.3 is 0 Å². The summed E-state index contributed by atoms with van der Waals surface area (Å²) in [7, 11) is -3.48. The Kier molecular flexibility index (Phi) is 3.97. The van der Waals surface area contributed by atoms with Gasteiger partial charge in [-0.05, 0) is 43.5 Å². The van der Waals surface area contributed by atoms with E-state index in [-0.39, 0.29) is 6.54 Å². The molecule has 0 spiro atoms. The second-order valence-corrected chi connectivity index (χ2v) is 8.11. The monoisotopic (exact) mass is 323 g/mol. The van der Waals surface area contributed by atoms with Crippen LogP contribution in [0.1, 0.15) is 21.9 Å². The molecule has 0 saturated heterocycles. The van der Waals surface area contributed by atoms with Crippen LogP contribution in [0.4, 0.5) is 5.69 Å². The number of benzene rings is 1. The molecule has 0 radical (unpaired) electrons. The van der Waals surface area contributed by atoms with E-state index in [4.69, 9.17) is 0 Å². The molecule has 1 aromatic carbocycles. The highest BCUT2D eigenvalue weighted by atomic mass is 32.2. The predicted molar refractivity (Wildman–Crippen MR) is 84.1 cm³/mol. The van der Waals surface area contributed by atoms with Gasteiger partial charge in [0.25, 0.3) is 0 Å². The highest BCUT2D eigenvalue weighted by Gasteiger charge is 2.17. The zero-order chi connectivity index (χ0) is 14.9. The molecule has 2 aromatic rings. The van der Waals surface area contributed by atoms with Crippen LogP contribution in [0.5, 0.6) is 0 Å². The van der Waals surface area contributed by atoms with Crippen LogP contribution in [0, 0.1) is 6.92 Å². The maximum Gasteiger partial charge on any atom is 0.240 e. The van der Waals surface area contributed by atoms with Crippen molar-refractivity contribution in [2.45, 2.75) is 31.2 Å². The van der Waals surface area contributed by atoms with Crippen LogP contribution in [-0.4, -0.2) is 19.9 Å². The van der Waals surface area contributed by atoms with Gasteiger partial charge in [-0.1, -0.05) is 0 Å². The Labute approximate surface area is 128 Å². The number of aryl methyl sites for hydroxylation is 2. The summed E-state index contributed by atoms with van der Waals surface area (Å²) in [4.78, 5) is 5.36. The summed E-state index contributed by atoms with van der Waals surface area (Å²) in [5, 5.41) is 4.21. The Morgan fingerprint density at radius 1 is 1.43 bits per heavy atom. The Morgan fingerprint density at radius 3 is 3.05 bits per heavy atom. The van der Waals surface area contributed by atoms with Crippen molar-refractivity contribution in [3.05, 3.63) is 39.8 Å². The number of fused-ring (bicyclic) bond motifs is 1. The summed E-state index contributed by atoms with van der Waals surface area (Å²) in [5.41, 5.74) is 2.11. The van der Waals surface area contributed by atoms with E-state index < -0.39 is 10.0 Å². The van der Waals surface area contributed by atoms with Crippen LogP contribution in [-0.2, 0) is 23.0 Å². The summed E-state index contributed by atoms with van der Waals surface area (Å²) in [6, 6.07) is 5.26. The molecule has 21 heavy (non-hydrogen) atoms. The molecule has 0 bridgehead atoms. The number of nitrogens with one attached hydrogen (secondary N) is 2. The normalized spacial score (nSPS) is 14.5. The van der Waals surface area contributed by atoms with Crippen molar-refractivity contribution in [2.24, 2.45) is 0 Å². The number of hydrogen-bond donors (Lipinski definition) is 2. The van der Waals surface area contributed by atoms with Crippen LogP contribution in [0.25, 0.3) is 0 Å². The Balaban J connectivity index is 1.78. The fraction of sp³-hybridized carbons (Fsp3) is 0.357. The van der Waals surface area contributed by atoms with Crippen molar-refractivity contribution in [3.8, 4) is 0 Å². The van der Waals surface area contributed by atoms with Gasteiger partial charge in [-0.15, -0.1) is 11.3 Å². The zero-order valence-corrected chi connectivity index (χ0v) is 13.4. The predicted octanol–water partition coefficient (Wildman–Crippen LogP) is 2.29. The molecule has 0 fully saturated rings. The first-order chi connectivity index (χ1) is 10.0. The average molecular weight is 323 g/mol. The van der Waals surface area contributed by atoms with Crippen molar-refractivity contribution in [3.63, 3.8) is 0 Å². The SMILES string of the molecule is Cc1ncc(CNS(=O)(=O)c2ccc3c(c2)CCCN3)s1. The van der Waals surface area contributed by atoms with Crippen molar-refractivity contribution in [2.75, 3.05) is 11.9 Å². The van der Waals surface area contributed by atoms with E-state index in [1.54, 1.807) is 18.3 Å². The maximum atomic E-state index is 12.4. The second kappa shape index (κ2) is 5.75. The van der Waals surface area contributed by atoms with Gasteiger partial charge in [0.1, 0.15) is 0 Å². The molecule has 2 N–H and O–H groups in total. The van der Waals surface area contributed by atoms with Crippen molar-refractivity contribution in [1.29, 1.82) is 0 Å². The van der Waals surface area contributed by atoms with E-state index in [1.165, 1.54) is 11.3 Å². The Morgan fingerprint density at radius 2 is 2.29 bits per heavy atom. The Hall–Kier alpha value is -1.44. The number of anilines is 1. The zero-order valence-electron chi connectivity index (χ0n) is 11.7. The van der Waals surface area contributed by atoms with Crippen molar-refractivity contribution in [1.82, 2.24) is 9.71 Å². The van der Waals surface area contributed by atoms with Crippen molar-refractivity contribution < 1.29 is 8.42 Å². The maximum absolute atomic E-state index is 12.4. The molecule has 0 amide bonds. The third-order valence-corrected chi connectivity index (χ3v) is 5.74. The molecule has 5 nitrogen and oxygen atoms in total. The lowest BCUT2D eigenvalue weighted by molar-refractivity contribution is 0.581. The van der Waals surface area contributed by atoms with E-state index in [2.05, 4.69) is 15.0 Å². The van der Waals surface area contributed by atoms with Gasteiger partial charge in [-0.3, -0.25) is 0 Å². The summed E-state index contributed by atoms with van der Waals surface area (Å²) in [6.07, 6.45) is 3.66. The lowest BCUT2D eigenvalue weighted by atomic mass is 10.0. The first-order valence-corrected chi connectivity index (χ1v) is 9.12. The number of rotatable bonds is 4. The molecule has 0 aliphatic carbocycles. The lowest BCUT2D eigenvalue weighted by Crippen LogP contribution is -2.23. The minimum atomic E-state index is -3.48. The van der Waals surface area contributed by atoms with E-state index in [1.807, 2.05) is 13.0 Å². The van der Waals surface area contributed by atoms with Gasteiger partial charge in [0, 0.05) is 29.9 Å². The minimum absolute atomic E-state index is 0.281. The number of hydrogen-bond acceptors (Lipinski definition) is 5. The van der Waals surface area contributed by atoms with Gasteiger partial charge in [0.2, 0.25) is 10.0 Å². The number of thiazole rings is 1. The Bertz CT molecular complexity index is 753. The van der Waals surface area contributed by atoms with Crippen LogP contribution < -0.4 is 10.0 Å². The molecular formula is C14H17N3O2S2. The van der Waals surface area contributed by atoms with Gasteiger partial charge in [-0.2, -0.15) is 0 Å². The topological polar surface area (TPSA) is 71.1 Å². The van der Waals surface area contributed by atoms with Gasteiger partial charge < -0.3 is 5.32 Å². The lowest BCUT2D eigenvalue weighted by Gasteiger charge is -2.18. The summed E-state index contributed by atoms with van der Waals surface area (Å²) in [6.45, 7) is 3.13. The molecule has 112 valence electrons. The van der Waals surface area contributed by atoms with E-state index >= 15 is 0 Å². The average Bonchev–Trinajstić information content (AvgIpc) is 2.90. The fourth-order valence-electron chi connectivity index (χ4n) is 2.35. The van der Waals surface area contributed by atoms with E-state index in [0.717, 1.165) is 40.5 Å². The smallest absolute Gasteiger partial charge is 0.240 e. The van der Waals surface area contributed by atoms with Crippen LogP contribution in [0.2, 0.25) is 0 Å². The van der Waals surface area contributed by atoms with E-state index in [0.29, 0.717) is 4.90 Å². The summed E-state index contributed by atoms with van der Waals surface area (Å²) < 4.78 is 27.3. The third-order valence-electron chi connectivity index (χ3n) is 3.43. The first kappa shape index (κ1) is 14.5. The summed E-state index contributed by atoms with van der Waals surface area (Å²) in [5.74, 6) is 0. The quantitative estimate of drug-likeness (QED) is 0.905. The molecule has 7 heteroatoms. The molecule has 0 unspecified atom stereocenters. The largest absolute Gasteiger partial charge is 0.385 e. The van der Waals surface area contributed by atoms with Gasteiger partial charge in [-0.25, -0.2) is 18.1 Å². The summed E-state index contributed by atoms with van der Waals surface area (Å²) >= 11 is 1.50. The van der Waals surface area contributed by atoms with E-state index in [9.17, 15) is 8.42 Å². The molecule has 3 rings (SSSR count). The molecule has 0 atom stereocenters. The second-order valence-electron chi connectivity index (χ2n) is 5.02. The molecule has 1 aromatic heterocycles. The molecule has 2 heterocycles. The van der Waals surface area contributed by atoms with Crippen LogP contribution in [0.3, 0.4) is 0 Å². The van der Waals surface area contributed by atoms with Gasteiger partial charge in [0.15, 0.2) is 0 Å². The standard InChI is InChI=1S/C14H17N3O2S2/c1-10-16-8-12(20-10)9-17-21(18,19)13-4-5-14-11(7-13)3-2-6-15-14/h4-5,7-8,15,17H,2-3,6,9H2,1H3. The third kappa shape index (κ3) is 3.25. The number of aromatic nitrogens is 1. The molecular weight excluding hydrogens is 306 g/mol. The number of nitrogens with zero attached hydrogens (tertiary/aromatic N) is 1. The van der Waals surface area contributed by atoms with Crippen molar-refractivity contribution >= 4 is 27.0 Å². The number of sulfonamides is 1. The fourth-order valence-corrected chi connectivity index (χ4v) is 4.24. The molecule has 0 saturated carbocycles. The molecule has 1 aliphatic rings. The highest BCUT2D eigenvalue weighted by Crippen LogP contribution is 2.25.